The van der Waals surface area contributed by atoms with E-state index < -0.39 is 27.1 Å². The molecule has 1 aliphatic heterocycles. The molecule has 0 radical (unpaired) electrons. The minimum absolute atomic E-state index is 0.00565. The summed E-state index contributed by atoms with van der Waals surface area (Å²) in [5.74, 6) is -0.599. The fourth-order valence-corrected chi connectivity index (χ4v) is 2.14. The van der Waals surface area contributed by atoms with Crippen LogP contribution in [0.5, 0.6) is 0 Å². The Bertz CT molecular complexity index is 684. The minimum Gasteiger partial charge on any atom is -0.398 e. The van der Waals surface area contributed by atoms with E-state index >= 15 is 0 Å². The van der Waals surface area contributed by atoms with Gasteiger partial charge in [-0.15, -0.1) is 0 Å². The number of fused-ring (bicyclic) bond motifs is 1. The van der Waals surface area contributed by atoms with Crippen LogP contribution < -0.4 is 4.90 Å². The number of nitrogens with zero attached hydrogens (tertiary/aromatic N) is 4. The lowest BCUT2D eigenvalue weighted by Crippen LogP contribution is -2.30. The maximum atomic E-state index is 12.2. The Morgan fingerprint density at radius 2 is 1.95 bits per heavy atom. The maximum Gasteiger partial charge on any atom is 0.300 e. The number of anilines is 1. The zero-order valence-electron chi connectivity index (χ0n) is 11.1. The van der Waals surface area contributed by atoms with Crippen LogP contribution in [0, 0.1) is 20.2 Å². The van der Waals surface area contributed by atoms with Gasteiger partial charge in [0.05, 0.1) is 15.9 Å². The molecule has 0 atom stereocenters. The lowest BCUT2D eigenvalue weighted by molar-refractivity contribution is -0.393. The van der Waals surface area contributed by atoms with Crippen molar-refractivity contribution in [3.63, 3.8) is 0 Å². The molecule has 2 rings (SSSR count). The minimum atomic E-state index is -0.767. The quantitative estimate of drug-likeness (QED) is 0.606. The molecule has 1 aromatic carbocycles. The molecule has 0 saturated heterocycles. The second kappa shape index (κ2) is 5.15. The van der Waals surface area contributed by atoms with Crippen molar-refractivity contribution in [1.29, 1.82) is 0 Å². The number of benzene rings is 1. The third-order valence-electron chi connectivity index (χ3n) is 2.95. The summed E-state index contributed by atoms with van der Waals surface area (Å²) in [6, 6.07) is 1.90. The number of hydrogen-bond acceptors (Lipinski definition) is 7. The molecule has 1 aromatic rings. The molecule has 110 valence electrons. The zero-order valence-corrected chi connectivity index (χ0v) is 11.1. The molecule has 0 fully saturated rings. The van der Waals surface area contributed by atoms with E-state index in [1.807, 2.05) is 0 Å². The van der Waals surface area contributed by atoms with Gasteiger partial charge in [-0.25, -0.2) is 0 Å². The number of hydrogen-bond donors (Lipinski definition) is 0. The highest BCUT2D eigenvalue weighted by atomic mass is 16.6. The SMILES string of the molecule is CCN1C(=O)C(=NOC)c2cc([N+](=O)[O-])cc([N+](=O)[O-])c21. The third-order valence-corrected chi connectivity index (χ3v) is 2.95. The summed E-state index contributed by atoms with van der Waals surface area (Å²) >= 11 is 0. The molecule has 10 nitrogen and oxygen atoms in total. The van der Waals surface area contributed by atoms with Crippen LogP contribution in [0.25, 0.3) is 0 Å². The molecule has 1 aliphatic rings. The van der Waals surface area contributed by atoms with Gasteiger partial charge in [0.15, 0.2) is 5.71 Å². The fourth-order valence-electron chi connectivity index (χ4n) is 2.14. The molecule has 0 bridgehead atoms. The Morgan fingerprint density at radius 1 is 1.29 bits per heavy atom. The fraction of sp³-hybridized carbons (Fsp3) is 0.273. The van der Waals surface area contributed by atoms with Crippen molar-refractivity contribution in [3.05, 3.63) is 37.9 Å². The van der Waals surface area contributed by atoms with E-state index in [-0.39, 0.29) is 23.5 Å². The molecule has 0 saturated carbocycles. The van der Waals surface area contributed by atoms with Crippen LogP contribution in [0.15, 0.2) is 17.3 Å². The summed E-state index contributed by atoms with van der Waals surface area (Å²) in [6.07, 6.45) is 0. The van der Waals surface area contributed by atoms with Gasteiger partial charge in [0.1, 0.15) is 12.8 Å². The van der Waals surface area contributed by atoms with E-state index in [4.69, 9.17) is 0 Å². The van der Waals surface area contributed by atoms with Crippen LogP contribution in [0.4, 0.5) is 17.1 Å². The highest BCUT2D eigenvalue weighted by molar-refractivity contribution is 6.54. The van der Waals surface area contributed by atoms with E-state index in [1.165, 1.54) is 7.11 Å². The second-order valence-corrected chi connectivity index (χ2v) is 4.05. The zero-order chi connectivity index (χ0) is 15.7. The number of non-ortho nitro benzene ring substituents is 1. The van der Waals surface area contributed by atoms with Crippen molar-refractivity contribution in [2.75, 3.05) is 18.6 Å². The Hall–Kier alpha value is -3.04. The molecule has 0 aliphatic carbocycles. The van der Waals surface area contributed by atoms with E-state index in [0.717, 1.165) is 17.0 Å². The van der Waals surface area contributed by atoms with Gasteiger partial charge in [-0.1, -0.05) is 5.16 Å². The number of nitro benzene ring substituents is 2. The van der Waals surface area contributed by atoms with Gasteiger partial charge in [-0.05, 0) is 6.92 Å². The summed E-state index contributed by atoms with van der Waals surface area (Å²) in [6.45, 7) is 1.79. The number of likely N-dealkylation sites (N-methyl/N-ethyl adjacent to an activating group) is 1. The predicted octanol–water partition coefficient (Wildman–Crippen LogP) is 1.22. The van der Waals surface area contributed by atoms with Crippen LogP contribution in [0.2, 0.25) is 0 Å². The van der Waals surface area contributed by atoms with Crippen molar-refractivity contribution < 1.29 is 19.5 Å². The van der Waals surface area contributed by atoms with Crippen molar-refractivity contribution in [3.8, 4) is 0 Å². The molecule has 10 heteroatoms. The Labute approximate surface area is 117 Å². The van der Waals surface area contributed by atoms with Crippen molar-refractivity contribution >= 4 is 28.7 Å². The third kappa shape index (κ3) is 2.16. The highest BCUT2D eigenvalue weighted by Gasteiger charge is 2.41. The van der Waals surface area contributed by atoms with E-state index in [2.05, 4.69) is 9.99 Å². The number of rotatable bonds is 4. The average molecular weight is 294 g/mol. The second-order valence-electron chi connectivity index (χ2n) is 4.05. The molecular weight excluding hydrogens is 284 g/mol. The summed E-state index contributed by atoms with van der Waals surface area (Å²) in [7, 11) is 1.21. The molecule has 0 spiro atoms. The molecular formula is C11H10N4O6. The van der Waals surface area contributed by atoms with Crippen molar-refractivity contribution in [1.82, 2.24) is 0 Å². The first kappa shape index (κ1) is 14.4. The van der Waals surface area contributed by atoms with Gasteiger partial charge in [-0.2, -0.15) is 0 Å². The van der Waals surface area contributed by atoms with Gasteiger partial charge in [0.2, 0.25) is 0 Å². The van der Waals surface area contributed by atoms with Crippen molar-refractivity contribution in [2.24, 2.45) is 5.16 Å². The first-order chi connectivity index (χ1) is 9.92. The summed E-state index contributed by atoms with van der Waals surface area (Å²) in [5, 5.41) is 25.6. The lowest BCUT2D eigenvalue weighted by atomic mass is 10.1. The normalized spacial score (nSPS) is 15.2. The monoisotopic (exact) mass is 294 g/mol. The number of carbonyl (C=O) groups is 1. The number of carbonyl (C=O) groups excluding carboxylic acids is 1. The highest BCUT2D eigenvalue weighted by Crippen LogP contribution is 2.40. The van der Waals surface area contributed by atoms with E-state index in [9.17, 15) is 25.0 Å². The lowest BCUT2D eigenvalue weighted by Gasteiger charge is -2.13. The van der Waals surface area contributed by atoms with Crippen LogP contribution in [-0.2, 0) is 9.63 Å². The predicted molar refractivity (Wildman–Crippen MR) is 71.3 cm³/mol. The number of oxime groups is 1. The van der Waals surface area contributed by atoms with Gasteiger partial charge in [0.25, 0.3) is 11.6 Å². The van der Waals surface area contributed by atoms with Crippen molar-refractivity contribution in [2.45, 2.75) is 6.92 Å². The molecule has 1 amide bonds. The average Bonchev–Trinajstić information content (AvgIpc) is 2.70. The standard InChI is InChI=1S/C11H10N4O6/c1-3-13-10-7(9(11(13)16)12-21-2)4-6(14(17)18)5-8(10)15(19)20/h4-5H,3H2,1-2H3. The van der Waals surface area contributed by atoms with Crippen LogP contribution in [0.1, 0.15) is 12.5 Å². The van der Waals surface area contributed by atoms with E-state index in [0.29, 0.717) is 0 Å². The van der Waals surface area contributed by atoms with Gasteiger partial charge in [0, 0.05) is 18.2 Å². The van der Waals surface area contributed by atoms with Gasteiger partial charge in [-0.3, -0.25) is 25.0 Å². The molecule has 0 aromatic heterocycles. The van der Waals surface area contributed by atoms with E-state index in [1.54, 1.807) is 6.92 Å². The number of nitro groups is 2. The molecule has 1 heterocycles. The summed E-state index contributed by atoms with van der Waals surface area (Å²) < 4.78 is 0. The Kier molecular flexibility index (Phi) is 3.52. The largest absolute Gasteiger partial charge is 0.398 e. The molecule has 0 unspecified atom stereocenters. The first-order valence-electron chi connectivity index (χ1n) is 5.82. The molecule has 21 heavy (non-hydrogen) atoms. The maximum absolute atomic E-state index is 12.2. The Balaban J connectivity index is 2.82. The van der Waals surface area contributed by atoms with Crippen LogP contribution in [-0.4, -0.2) is 35.1 Å². The summed E-state index contributed by atoms with van der Waals surface area (Å²) in [4.78, 5) is 38.3. The van der Waals surface area contributed by atoms with Gasteiger partial charge < -0.3 is 9.74 Å². The summed E-state index contributed by atoms with van der Waals surface area (Å²) in [5.41, 5.74) is -1.19. The molecule has 0 N–H and O–H groups in total. The van der Waals surface area contributed by atoms with Crippen LogP contribution in [0.3, 0.4) is 0 Å². The number of amides is 1. The van der Waals surface area contributed by atoms with Gasteiger partial charge >= 0.3 is 5.69 Å². The topological polar surface area (TPSA) is 128 Å². The van der Waals surface area contributed by atoms with Crippen LogP contribution >= 0.6 is 0 Å². The first-order valence-corrected chi connectivity index (χ1v) is 5.82. The smallest absolute Gasteiger partial charge is 0.300 e. The Morgan fingerprint density at radius 3 is 2.43 bits per heavy atom.